The van der Waals surface area contributed by atoms with Crippen LogP contribution in [0.25, 0.3) is 0 Å². The lowest BCUT2D eigenvalue weighted by atomic mass is 10.1. The second-order valence-electron chi connectivity index (χ2n) is 3.75. The van der Waals surface area contributed by atoms with Crippen LogP contribution in [0, 0.1) is 0 Å². The van der Waals surface area contributed by atoms with Gasteiger partial charge >= 0.3 is 0 Å². The van der Waals surface area contributed by atoms with E-state index in [1.807, 2.05) is 17.5 Å². The number of hydrogen-bond donors (Lipinski definition) is 1. The number of aliphatic hydroxyl groups excluding tert-OH is 1. The Labute approximate surface area is 114 Å². The Morgan fingerprint density at radius 2 is 2.18 bits per heavy atom. The highest BCUT2D eigenvalue weighted by atomic mass is 35.5. The van der Waals surface area contributed by atoms with Gasteiger partial charge in [0.25, 0.3) is 0 Å². The SMILES string of the molecule is CC(O)c1csc(Cc2ccc(Cl)cc2Cl)n1. The lowest BCUT2D eigenvalue weighted by Crippen LogP contribution is -1.93. The van der Waals surface area contributed by atoms with Gasteiger partial charge in [0, 0.05) is 21.8 Å². The highest BCUT2D eigenvalue weighted by Gasteiger charge is 2.09. The van der Waals surface area contributed by atoms with Crippen LogP contribution < -0.4 is 0 Å². The van der Waals surface area contributed by atoms with Gasteiger partial charge in [-0.25, -0.2) is 4.98 Å². The third-order valence-electron chi connectivity index (χ3n) is 2.35. The van der Waals surface area contributed by atoms with Crippen LogP contribution in [-0.4, -0.2) is 10.1 Å². The second-order valence-corrected chi connectivity index (χ2v) is 5.54. The molecule has 17 heavy (non-hydrogen) atoms. The van der Waals surface area contributed by atoms with Crippen molar-refractivity contribution in [3.8, 4) is 0 Å². The minimum atomic E-state index is -0.527. The first-order chi connectivity index (χ1) is 8.06. The minimum absolute atomic E-state index is 0.527. The maximum absolute atomic E-state index is 9.39. The molecule has 0 fully saturated rings. The molecule has 0 saturated heterocycles. The summed E-state index contributed by atoms with van der Waals surface area (Å²) in [5.41, 5.74) is 1.69. The van der Waals surface area contributed by atoms with E-state index >= 15 is 0 Å². The topological polar surface area (TPSA) is 33.1 Å². The highest BCUT2D eigenvalue weighted by molar-refractivity contribution is 7.09. The Morgan fingerprint density at radius 3 is 2.76 bits per heavy atom. The zero-order chi connectivity index (χ0) is 12.4. The van der Waals surface area contributed by atoms with Crippen molar-refractivity contribution in [2.45, 2.75) is 19.4 Å². The molecule has 0 radical (unpaired) electrons. The molecule has 0 aliphatic heterocycles. The van der Waals surface area contributed by atoms with Crippen molar-refractivity contribution >= 4 is 34.5 Å². The summed E-state index contributed by atoms with van der Waals surface area (Å²) in [6.45, 7) is 1.70. The van der Waals surface area contributed by atoms with Crippen LogP contribution in [0.4, 0.5) is 0 Å². The van der Waals surface area contributed by atoms with Gasteiger partial charge in [-0.05, 0) is 24.6 Å². The molecule has 0 saturated carbocycles. The molecule has 1 aromatic heterocycles. The van der Waals surface area contributed by atoms with Crippen molar-refractivity contribution in [2.24, 2.45) is 0 Å². The van der Waals surface area contributed by atoms with Crippen LogP contribution in [0.5, 0.6) is 0 Å². The summed E-state index contributed by atoms with van der Waals surface area (Å²) in [6, 6.07) is 5.43. The van der Waals surface area contributed by atoms with E-state index in [9.17, 15) is 5.11 Å². The van der Waals surface area contributed by atoms with E-state index in [1.165, 1.54) is 11.3 Å². The molecule has 0 aliphatic rings. The maximum Gasteiger partial charge on any atom is 0.0973 e. The summed E-state index contributed by atoms with van der Waals surface area (Å²) < 4.78 is 0. The van der Waals surface area contributed by atoms with E-state index < -0.39 is 6.10 Å². The van der Waals surface area contributed by atoms with Crippen molar-refractivity contribution in [1.82, 2.24) is 4.98 Å². The zero-order valence-electron chi connectivity index (χ0n) is 9.15. The molecule has 1 aromatic carbocycles. The fraction of sp³-hybridized carbons (Fsp3) is 0.250. The molecule has 2 aromatic rings. The number of aliphatic hydroxyl groups is 1. The highest BCUT2D eigenvalue weighted by Crippen LogP contribution is 2.25. The fourth-order valence-corrected chi connectivity index (χ4v) is 2.80. The van der Waals surface area contributed by atoms with Crippen molar-refractivity contribution in [3.63, 3.8) is 0 Å². The molecule has 0 spiro atoms. The molecule has 2 rings (SSSR count). The Morgan fingerprint density at radius 1 is 1.41 bits per heavy atom. The van der Waals surface area contributed by atoms with Crippen LogP contribution in [0.2, 0.25) is 10.0 Å². The van der Waals surface area contributed by atoms with Crippen molar-refractivity contribution in [3.05, 3.63) is 49.9 Å². The third kappa shape index (κ3) is 3.19. The van der Waals surface area contributed by atoms with E-state index in [0.717, 1.165) is 10.6 Å². The normalized spacial score (nSPS) is 12.7. The second kappa shape index (κ2) is 5.36. The smallest absolute Gasteiger partial charge is 0.0973 e. The number of halogens is 2. The summed E-state index contributed by atoms with van der Waals surface area (Å²) >= 11 is 13.4. The lowest BCUT2D eigenvalue weighted by molar-refractivity contribution is 0.195. The molecule has 0 bridgehead atoms. The van der Waals surface area contributed by atoms with Gasteiger partial charge in [-0.1, -0.05) is 29.3 Å². The van der Waals surface area contributed by atoms with Gasteiger partial charge in [-0.15, -0.1) is 11.3 Å². The molecule has 90 valence electrons. The molecule has 0 aliphatic carbocycles. The first-order valence-corrected chi connectivity index (χ1v) is 6.76. The average Bonchev–Trinajstić information content (AvgIpc) is 2.71. The largest absolute Gasteiger partial charge is 0.387 e. The minimum Gasteiger partial charge on any atom is -0.387 e. The Bertz CT molecular complexity index is 525. The molecule has 5 heteroatoms. The Hall–Kier alpha value is -0.610. The summed E-state index contributed by atoms with van der Waals surface area (Å²) in [5.74, 6) is 0. The van der Waals surface area contributed by atoms with Crippen molar-refractivity contribution in [2.75, 3.05) is 0 Å². The molecule has 2 nitrogen and oxygen atoms in total. The van der Waals surface area contributed by atoms with Crippen LogP contribution in [-0.2, 0) is 6.42 Å². The Balaban J connectivity index is 2.19. The number of rotatable bonds is 3. The Kier molecular flexibility index (Phi) is 4.05. The van der Waals surface area contributed by atoms with Gasteiger partial charge in [0.2, 0.25) is 0 Å². The van der Waals surface area contributed by atoms with Gasteiger partial charge in [0.05, 0.1) is 16.8 Å². The van der Waals surface area contributed by atoms with E-state index in [1.54, 1.807) is 13.0 Å². The molecule has 1 unspecified atom stereocenters. The monoisotopic (exact) mass is 287 g/mol. The standard InChI is InChI=1S/C12H11Cl2NOS/c1-7(16)11-6-17-12(15-11)4-8-2-3-9(13)5-10(8)14/h2-3,5-7,16H,4H2,1H3. The zero-order valence-corrected chi connectivity index (χ0v) is 11.5. The summed E-state index contributed by atoms with van der Waals surface area (Å²) in [6.07, 6.45) is 0.133. The first kappa shape index (κ1) is 12.8. The van der Waals surface area contributed by atoms with E-state index in [2.05, 4.69) is 4.98 Å². The fourth-order valence-electron chi connectivity index (χ4n) is 1.43. The predicted octanol–water partition coefficient (Wildman–Crippen LogP) is 4.09. The van der Waals surface area contributed by atoms with Crippen LogP contribution >= 0.6 is 34.5 Å². The maximum atomic E-state index is 9.39. The molecule has 0 amide bonds. The van der Waals surface area contributed by atoms with Gasteiger partial charge in [0.15, 0.2) is 0 Å². The van der Waals surface area contributed by atoms with E-state index in [-0.39, 0.29) is 0 Å². The summed E-state index contributed by atoms with van der Waals surface area (Å²) in [4.78, 5) is 4.35. The van der Waals surface area contributed by atoms with Gasteiger partial charge in [0.1, 0.15) is 0 Å². The predicted molar refractivity (Wildman–Crippen MR) is 72.0 cm³/mol. The summed E-state index contributed by atoms with van der Waals surface area (Å²) in [5, 5.41) is 13.5. The number of hydrogen-bond acceptors (Lipinski definition) is 3. The molecule has 1 N–H and O–H groups in total. The molecule has 1 atom stereocenters. The van der Waals surface area contributed by atoms with Crippen LogP contribution in [0.15, 0.2) is 23.6 Å². The first-order valence-electron chi connectivity index (χ1n) is 5.12. The number of thiazole rings is 1. The van der Waals surface area contributed by atoms with Gasteiger partial charge < -0.3 is 5.11 Å². The average molecular weight is 288 g/mol. The van der Waals surface area contributed by atoms with Crippen molar-refractivity contribution in [1.29, 1.82) is 0 Å². The molecular weight excluding hydrogens is 277 g/mol. The van der Waals surface area contributed by atoms with Crippen molar-refractivity contribution < 1.29 is 5.11 Å². The number of aromatic nitrogens is 1. The summed E-state index contributed by atoms with van der Waals surface area (Å²) in [7, 11) is 0. The quantitative estimate of drug-likeness (QED) is 0.922. The van der Waals surface area contributed by atoms with Crippen LogP contribution in [0.1, 0.15) is 29.3 Å². The number of nitrogens with zero attached hydrogens (tertiary/aromatic N) is 1. The molecular formula is C12H11Cl2NOS. The molecule has 1 heterocycles. The lowest BCUT2D eigenvalue weighted by Gasteiger charge is -2.02. The van der Waals surface area contributed by atoms with Gasteiger partial charge in [-0.2, -0.15) is 0 Å². The van der Waals surface area contributed by atoms with Gasteiger partial charge in [-0.3, -0.25) is 0 Å². The third-order valence-corrected chi connectivity index (χ3v) is 3.81. The number of benzene rings is 1. The van der Waals surface area contributed by atoms with Crippen LogP contribution in [0.3, 0.4) is 0 Å². The van der Waals surface area contributed by atoms with E-state index in [0.29, 0.717) is 22.2 Å². The van der Waals surface area contributed by atoms with E-state index in [4.69, 9.17) is 23.2 Å².